The monoisotopic (exact) mass is 220 g/mol. The maximum atomic E-state index is 11.7. The Labute approximate surface area is 89.7 Å². The van der Waals surface area contributed by atoms with Gasteiger partial charge in [-0.25, -0.2) is 4.79 Å². The van der Waals surface area contributed by atoms with E-state index in [0.717, 1.165) is 4.57 Å². The van der Waals surface area contributed by atoms with Crippen LogP contribution in [0.25, 0.3) is 5.82 Å². The van der Waals surface area contributed by atoms with E-state index in [9.17, 15) is 9.59 Å². The summed E-state index contributed by atoms with van der Waals surface area (Å²) in [4.78, 5) is 22.5. The van der Waals surface area contributed by atoms with E-state index in [0.29, 0.717) is 5.76 Å². The second-order valence-corrected chi connectivity index (χ2v) is 3.20. The zero-order chi connectivity index (χ0) is 11.7. The lowest BCUT2D eigenvalue weighted by Gasteiger charge is -2.00. The topological polar surface area (TPSA) is 85.3 Å². The van der Waals surface area contributed by atoms with Gasteiger partial charge in [-0.2, -0.15) is 0 Å². The van der Waals surface area contributed by atoms with Gasteiger partial charge in [0.2, 0.25) is 0 Å². The first-order chi connectivity index (χ1) is 7.59. The maximum absolute atomic E-state index is 11.7. The summed E-state index contributed by atoms with van der Waals surface area (Å²) >= 11 is 0. The van der Waals surface area contributed by atoms with Crippen molar-refractivity contribution in [1.82, 2.24) is 9.72 Å². The van der Waals surface area contributed by atoms with Gasteiger partial charge < -0.3 is 9.63 Å². The Hall–Kier alpha value is -2.37. The molecule has 6 nitrogen and oxygen atoms in total. The third-order valence-electron chi connectivity index (χ3n) is 2.04. The molecule has 0 spiro atoms. The molecule has 0 aromatic carbocycles. The zero-order valence-corrected chi connectivity index (χ0v) is 8.38. The number of carboxylic acids is 1. The Morgan fingerprint density at radius 1 is 1.56 bits per heavy atom. The largest absolute Gasteiger partial charge is 0.477 e. The molecule has 0 fully saturated rings. The average molecular weight is 220 g/mol. The quantitative estimate of drug-likeness (QED) is 0.810. The fraction of sp³-hybridized carbons (Fsp3) is 0.100. The van der Waals surface area contributed by atoms with Crippen LogP contribution in [0.1, 0.15) is 16.1 Å². The van der Waals surface area contributed by atoms with Crippen LogP contribution in [0.3, 0.4) is 0 Å². The fourth-order valence-electron chi connectivity index (χ4n) is 1.30. The van der Waals surface area contributed by atoms with Crippen LogP contribution in [0.4, 0.5) is 0 Å². The van der Waals surface area contributed by atoms with Gasteiger partial charge in [-0.3, -0.25) is 9.36 Å². The van der Waals surface area contributed by atoms with Gasteiger partial charge in [0.15, 0.2) is 5.82 Å². The molecule has 0 saturated carbocycles. The first kappa shape index (κ1) is 10.2. The number of pyridine rings is 1. The molecule has 6 heteroatoms. The van der Waals surface area contributed by atoms with Gasteiger partial charge in [-0.05, 0) is 19.1 Å². The minimum atomic E-state index is -1.26. The first-order valence-electron chi connectivity index (χ1n) is 4.48. The summed E-state index contributed by atoms with van der Waals surface area (Å²) in [6.07, 6.45) is 1.44. The van der Waals surface area contributed by atoms with Crippen molar-refractivity contribution in [2.45, 2.75) is 6.92 Å². The van der Waals surface area contributed by atoms with Crippen LogP contribution in [0, 0.1) is 6.92 Å². The normalized spacial score (nSPS) is 10.3. The van der Waals surface area contributed by atoms with Gasteiger partial charge in [0.1, 0.15) is 11.3 Å². The van der Waals surface area contributed by atoms with Crippen molar-refractivity contribution < 1.29 is 14.4 Å². The summed E-state index contributed by atoms with van der Waals surface area (Å²) < 4.78 is 5.94. The fourth-order valence-corrected chi connectivity index (χ4v) is 1.30. The van der Waals surface area contributed by atoms with Crippen LogP contribution >= 0.6 is 0 Å². The van der Waals surface area contributed by atoms with E-state index in [4.69, 9.17) is 9.63 Å². The van der Waals surface area contributed by atoms with Crippen molar-refractivity contribution in [3.63, 3.8) is 0 Å². The Morgan fingerprint density at radius 3 is 2.88 bits per heavy atom. The third kappa shape index (κ3) is 1.60. The summed E-state index contributed by atoms with van der Waals surface area (Å²) in [7, 11) is 0. The smallest absolute Gasteiger partial charge is 0.341 e. The van der Waals surface area contributed by atoms with Gasteiger partial charge in [0.25, 0.3) is 5.56 Å². The van der Waals surface area contributed by atoms with Gasteiger partial charge >= 0.3 is 5.97 Å². The van der Waals surface area contributed by atoms with E-state index in [-0.39, 0.29) is 11.4 Å². The molecule has 0 radical (unpaired) electrons. The molecule has 0 aliphatic carbocycles. The second-order valence-electron chi connectivity index (χ2n) is 3.20. The average Bonchev–Trinajstić information content (AvgIpc) is 2.64. The summed E-state index contributed by atoms with van der Waals surface area (Å²) in [6, 6.07) is 4.26. The molecular formula is C10H8N2O4. The Balaban J connectivity index is 2.63. The number of aromatic nitrogens is 2. The van der Waals surface area contributed by atoms with Crippen LogP contribution in [-0.4, -0.2) is 20.8 Å². The van der Waals surface area contributed by atoms with Crippen LogP contribution in [0.15, 0.2) is 33.7 Å². The Morgan fingerprint density at radius 2 is 2.31 bits per heavy atom. The summed E-state index contributed by atoms with van der Waals surface area (Å²) in [5, 5.41) is 12.4. The molecule has 2 aromatic heterocycles. The molecule has 0 unspecified atom stereocenters. The highest BCUT2D eigenvalue weighted by molar-refractivity contribution is 5.87. The number of carbonyl (C=O) groups is 1. The van der Waals surface area contributed by atoms with E-state index in [1.165, 1.54) is 18.3 Å². The van der Waals surface area contributed by atoms with Crippen molar-refractivity contribution in [2.75, 3.05) is 0 Å². The van der Waals surface area contributed by atoms with E-state index in [1.54, 1.807) is 13.0 Å². The number of carboxylic acid groups (broad SMARTS) is 1. The minimum absolute atomic E-state index is 0.269. The van der Waals surface area contributed by atoms with Crippen molar-refractivity contribution in [1.29, 1.82) is 0 Å². The zero-order valence-electron chi connectivity index (χ0n) is 8.38. The van der Waals surface area contributed by atoms with Crippen molar-refractivity contribution in [3.05, 3.63) is 46.1 Å². The predicted octanol–water partition coefficient (Wildman–Crippen LogP) is 0.832. The summed E-state index contributed by atoms with van der Waals surface area (Å²) in [5.41, 5.74) is -0.938. The van der Waals surface area contributed by atoms with Crippen LogP contribution in [-0.2, 0) is 0 Å². The Kier molecular flexibility index (Phi) is 2.32. The van der Waals surface area contributed by atoms with E-state index >= 15 is 0 Å². The lowest BCUT2D eigenvalue weighted by Crippen LogP contribution is -2.24. The third-order valence-corrected chi connectivity index (χ3v) is 2.04. The minimum Gasteiger partial charge on any atom is -0.477 e. The number of hydrogen-bond donors (Lipinski definition) is 1. The molecule has 0 bridgehead atoms. The molecular weight excluding hydrogens is 212 g/mol. The molecule has 16 heavy (non-hydrogen) atoms. The molecule has 0 atom stereocenters. The number of nitrogens with zero attached hydrogens (tertiary/aromatic N) is 2. The molecule has 82 valence electrons. The Bertz CT molecular complexity index is 597. The van der Waals surface area contributed by atoms with Gasteiger partial charge in [0.05, 0.1) is 0 Å². The lowest BCUT2D eigenvalue weighted by molar-refractivity contribution is 0.0694. The van der Waals surface area contributed by atoms with E-state index in [1.807, 2.05) is 0 Å². The standard InChI is InChI=1S/C10H8N2O4/c1-6-5-8(11-16-6)12-4-2-3-7(9(12)13)10(14)15/h2-5H,1H3,(H,14,15). The molecule has 2 aromatic rings. The second kappa shape index (κ2) is 3.65. The van der Waals surface area contributed by atoms with E-state index < -0.39 is 11.5 Å². The maximum Gasteiger partial charge on any atom is 0.341 e. The summed E-state index contributed by atoms with van der Waals surface area (Å²) in [6.45, 7) is 1.68. The molecule has 0 aliphatic rings. The number of rotatable bonds is 2. The first-order valence-corrected chi connectivity index (χ1v) is 4.48. The SMILES string of the molecule is Cc1cc(-n2cccc(C(=O)O)c2=O)no1. The highest BCUT2D eigenvalue weighted by Crippen LogP contribution is 2.05. The molecule has 0 amide bonds. The van der Waals surface area contributed by atoms with Crippen LogP contribution in [0.2, 0.25) is 0 Å². The van der Waals surface area contributed by atoms with Crippen LogP contribution in [0.5, 0.6) is 0 Å². The van der Waals surface area contributed by atoms with E-state index in [2.05, 4.69) is 5.16 Å². The van der Waals surface area contributed by atoms with Crippen molar-refractivity contribution in [3.8, 4) is 5.82 Å². The highest BCUT2D eigenvalue weighted by atomic mass is 16.5. The number of aromatic carboxylic acids is 1. The summed E-state index contributed by atoms with van der Waals surface area (Å²) in [5.74, 6) is -0.451. The van der Waals surface area contributed by atoms with Gasteiger partial charge in [-0.15, -0.1) is 0 Å². The molecule has 1 N–H and O–H groups in total. The van der Waals surface area contributed by atoms with Gasteiger partial charge in [-0.1, -0.05) is 5.16 Å². The number of hydrogen-bond acceptors (Lipinski definition) is 4. The molecule has 2 rings (SSSR count). The van der Waals surface area contributed by atoms with Gasteiger partial charge in [0, 0.05) is 12.3 Å². The molecule has 2 heterocycles. The lowest BCUT2D eigenvalue weighted by atomic mass is 10.3. The van der Waals surface area contributed by atoms with Crippen molar-refractivity contribution >= 4 is 5.97 Å². The van der Waals surface area contributed by atoms with Crippen LogP contribution < -0.4 is 5.56 Å². The number of aryl methyl sites for hydroxylation is 1. The van der Waals surface area contributed by atoms with Crippen molar-refractivity contribution in [2.24, 2.45) is 0 Å². The highest BCUT2D eigenvalue weighted by Gasteiger charge is 2.12. The molecule has 0 saturated heterocycles. The predicted molar refractivity (Wildman–Crippen MR) is 53.8 cm³/mol. The molecule has 0 aliphatic heterocycles.